The highest BCUT2D eigenvalue weighted by atomic mass is 16.7. The highest BCUT2D eigenvalue weighted by Crippen LogP contribution is 2.26. The number of carbonyl (C=O) groups excluding carboxylic acids is 3. The molecule has 0 radical (unpaired) electrons. The summed E-state index contributed by atoms with van der Waals surface area (Å²) in [5, 5.41) is 31.5. The van der Waals surface area contributed by atoms with Crippen LogP contribution in [0, 0.1) is 0 Å². The molecule has 12 nitrogen and oxygen atoms in total. The molecule has 3 N–H and O–H groups in total. The molecule has 6 unspecified atom stereocenters. The van der Waals surface area contributed by atoms with Gasteiger partial charge in [0.25, 0.3) is 0 Å². The minimum absolute atomic E-state index is 0.0220. The molecule has 1 aliphatic rings. The van der Waals surface area contributed by atoms with Gasteiger partial charge >= 0.3 is 23.9 Å². The summed E-state index contributed by atoms with van der Waals surface area (Å²) >= 11 is 0. The van der Waals surface area contributed by atoms with E-state index in [1.54, 1.807) is 0 Å². The number of aliphatic hydroxyl groups is 2. The van der Waals surface area contributed by atoms with E-state index in [1.165, 1.54) is 70.6 Å². The lowest BCUT2D eigenvalue weighted by atomic mass is 9.98. The summed E-state index contributed by atoms with van der Waals surface area (Å²) in [5.41, 5.74) is 0. The van der Waals surface area contributed by atoms with E-state index in [1.807, 2.05) is 12.2 Å². The van der Waals surface area contributed by atoms with E-state index in [0.717, 1.165) is 103 Å². The van der Waals surface area contributed by atoms with Crippen molar-refractivity contribution in [2.24, 2.45) is 0 Å². The topological polar surface area (TPSA) is 175 Å². The summed E-state index contributed by atoms with van der Waals surface area (Å²) in [6.07, 6.45) is 56.7. The summed E-state index contributed by atoms with van der Waals surface area (Å²) in [7, 11) is 0. The Hall–Kier alpha value is -4.36. The number of ether oxygens (including phenoxy) is 5. The second-order valence-corrected chi connectivity index (χ2v) is 20.3. The number of carbonyl (C=O) groups is 4. The Bertz CT molecular complexity index is 1710. The number of unbranched alkanes of at least 4 members (excludes halogenated alkanes) is 20. The first kappa shape index (κ1) is 70.7. The van der Waals surface area contributed by atoms with Gasteiger partial charge in [-0.05, 0) is 96.3 Å². The van der Waals surface area contributed by atoms with Gasteiger partial charge in [-0.3, -0.25) is 14.4 Å². The molecule has 0 amide bonds. The summed E-state index contributed by atoms with van der Waals surface area (Å²) in [4.78, 5) is 51.1. The molecule has 1 fully saturated rings. The lowest BCUT2D eigenvalue weighted by Crippen LogP contribution is -2.61. The molecule has 1 saturated heterocycles. The fraction of sp³-hybridized carbons (Fsp3) is 0.692. The summed E-state index contributed by atoms with van der Waals surface area (Å²) in [5.74, 6) is -3.22. The molecule has 1 aliphatic heterocycles. The number of aliphatic hydroxyl groups excluding tert-OH is 2. The average molecular weight is 1080 g/mol. The van der Waals surface area contributed by atoms with Crippen molar-refractivity contribution >= 4 is 23.9 Å². The molecule has 12 heteroatoms. The first-order chi connectivity index (χ1) is 37.6. The van der Waals surface area contributed by atoms with Gasteiger partial charge in [-0.25, -0.2) is 4.79 Å². The number of aliphatic carboxylic acids is 1. The highest BCUT2D eigenvalue weighted by Gasteiger charge is 2.50. The first-order valence-electron chi connectivity index (χ1n) is 30.2. The van der Waals surface area contributed by atoms with Crippen molar-refractivity contribution in [3.63, 3.8) is 0 Å². The zero-order chi connectivity index (χ0) is 56.1. The summed E-state index contributed by atoms with van der Waals surface area (Å²) in [6.45, 7) is 5.81. The lowest BCUT2D eigenvalue weighted by Gasteiger charge is -2.40. The van der Waals surface area contributed by atoms with Crippen molar-refractivity contribution in [3.8, 4) is 0 Å². The van der Waals surface area contributed by atoms with Gasteiger partial charge in [0.15, 0.2) is 24.6 Å². The van der Waals surface area contributed by atoms with E-state index in [0.29, 0.717) is 25.7 Å². The number of rotatable bonds is 50. The zero-order valence-electron chi connectivity index (χ0n) is 48.2. The van der Waals surface area contributed by atoms with Crippen molar-refractivity contribution in [1.29, 1.82) is 0 Å². The maximum Gasteiger partial charge on any atom is 0.335 e. The predicted octanol–water partition coefficient (Wildman–Crippen LogP) is 15.7. The van der Waals surface area contributed by atoms with Crippen molar-refractivity contribution in [3.05, 3.63) is 97.2 Å². The van der Waals surface area contributed by atoms with Crippen LogP contribution in [0.2, 0.25) is 0 Å². The molecule has 0 aromatic carbocycles. The Balaban J connectivity index is 2.70. The van der Waals surface area contributed by atoms with Gasteiger partial charge in [0.2, 0.25) is 0 Å². The maximum atomic E-state index is 13.1. The Kier molecular flexibility index (Phi) is 48.0. The lowest BCUT2D eigenvalue weighted by molar-refractivity contribution is -0.301. The van der Waals surface area contributed by atoms with Crippen LogP contribution >= 0.6 is 0 Å². The smallest absolute Gasteiger partial charge is 0.335 e. The first-order valence-corrected chi connectivity index (χ1v) is 30.2. The maximum absolute atomic E-state index is 13.1. The molecule has 1 rings (SSSR count). The Morgan fingerprint density at radius 2 is 0.831 bits per heavy atom. The monoisotopic (exact) mass is 1080 g/mol. The molecule has 6 atom stereocenters. The number of carboxylic acids is 1. The highest BCUT2D eigenvalue weighted by molar-refractivity contribution is 5.74. The largest absolute Gasteiger partial charge is 0.479 e. The molecule has 0 aromatic heterocycles. The number of hydrogen-bond acceptors (Lipinski definition) is 11. The van der Waals surface area contributed by atoms with Gasteiger partial charge in [-0.15, -0.1) is 0 Å². The van der Waals surface area contributed by atoms with Crippen molar-refractivity contribution < 1.29 is 58.2 Å². The van der Waals surface area contributed by atoms with Gasteiger partial charge < -0.3 is 39.0 Å². The van der Waals surface area contributed by atoms with Gasteiger partial charge in [-0.2, -0.15) is 0 Å². The second kappa shape index (κ2) is 52.3. The van der Waals surface area contributed by atoms with Crippen LogP contribution in [0.4, 0.5) is 0 Å². The third kappa shape index (κ3) is 42.3. The fourth-order valence-electron chi connectivity index (χ4n) is 8.53. The van der Waals surface area contributed by atoms with Crippen molar-refractivity contribution in [2.45, 2.75) is 276 Å². The van der Waals surface area contributed by atoms with E-state index in [9.17, 15) is 34.5 Å². The van der Waals surface area contributed by atoms with Crippen LogP contribution < -0.4 is 0 Å². The normalized spacial score (nSPS) is 18.7. The average Bonchev–Trinajstić information content (AvgIpc) is 3.42. The van der Waals surface area contributed by atoms with Crippen LogP contribution in [0.5, 0.6) is 0 Å². The Morgan fingerprint density at radius 3 is 1.31 bits per heavy atom. The van der Waals surface area contributed by atoms with E-state index in [4.69, 9.17) is 23.7 Å². The molecule has 0 aliphatic carbocycles. The Labute approximate surface area is 466 Å². The van der Waals surface area contributed by atoms with Crippen LogP contribution in [0.3, 0.4) is 0 Å². The van der Waals surface area contributed by atoms with Gasteiger partial charge in [0.1, 0.15) is 18.8 Å². The molecule has 0 bridgehead atoms. The fourth-order valence-corrected chi connectivity index (χ4v) is 8.53. The Morgan fingerprint density at radius 1 is 0.442 bits per heavy atom. The third-order valence-corrected chi connectivity index (χ3v) is 13.1. The predicted molar refractivity (Wildman–Crippen MR) is 312 cm³/mol. The number of allylic oxidation sites excluding steroid dienone is 16. The number of carboxylic acid groups (broad SMARTS) is 1. The molecule has 77 heavy (non-hydrogen) atoms. The van der Waals surface area contributed by atoms with E-state index < -0.39 is 67.3 Å². The molecular weight excluding hydrogens is 973 g/mol. The van der Waals surface area contributed by atoms with Crippen molar-refractivity contribution in [1.82, 2.24) is 0 Å². The minimum Gasteiger partial charge on any atom is -0.479 e. The number of hydrogen-bond donors (Lipinski definition) is 3. The van der Waals surface area contributed by atoms with Crippen LogP contribution in [0.1, 0.15) is 239 Å². The second-order valence-electron chi connectivity index (χ2n) is 20.3. The van der Waals surface area contributed by atoms with Gasteiger partial charge in [0, 0.05) is 19.3 Å². The molecule has 438 valence electrons. The standard InChI is InChI=1S/C65H106O12/c1-4-7-10-13-16-19-22-24-26-28-29-31-32-34-37-39-42-45-48-51-57(66)73-54-56(75-58(67)52-49-46-43-40-36-21-18-15-12-9-6-3)55-74-65-63(61(70)60(69)62(77-65)64(71)72)76-59(68)53-50-47-44-41-38-35-33-30-27-25-23-20-17-14-11-8-5-2/h8,11,16-17,19-20,24-27,29,31,33,35,41,44,56,60-63,65,69-70H,4-7,9-10,12-15,18,21-23,28,30,32,34,36-40,42-43,45-55H2,1-3H3,(H,71,72)/b11-8-,19-16-,20-17-,26-24-,27-25-,31-29-,35-33-,44-41-. The van der Waals surface area contributed by atoms with Crippen LogP contribution in [-0.4, -0.2) is 89.2 Å². The van der Waals surface area contributed by atoms with Gasteiger partial charge in [0.05, 0.1) is 6.61 Å². The molecular formula is C65H106O12. The van der Waals surface area contributed by atoms with E-state index in [2.05, 4.69) is 106 Å². The van der Waals surface area contributed by atoms with Crippen LogP contribution in [0.15, 0.2) is 97.2 Å². The zero-order valence-corrected chi connectivity index (χ0v) is 48.2. The molecule has 1 heterocycles. The van der Waals surface area contributed by atoms with Crippen LogP contribution in [-0.2, 0) is 42.9 Å². The van der Waals surface area contributed by atoms with Gasteiger partial charge in [-0.1, -0.05) is 221 Å². The SMILES string of the molecule is CC/C=C\C/C=C\C/C=C\C/C=C\C/C=C\CCCC(=O)OC1C(OCC(COC(=O)CCCCCCCC/C=C\C/C=C\C/C=C\CCCCC)OC(=O)CCCCCCCCCCCCC)OC(C(=O)O)C(O)C1O. The molecule has 0 aromatic rings. The van der Waals surface area contributed by atoms with E-state index in [-0.39, 0.29) is 25.9 Å². The summed E-state index contributed by atoms with van der Waals surface area (Å²) in [6, 6.07) is 0. The summed E-state index contributed by atoms with van der Waals surface area (Å²) < 4.78 is 28.4. The molecule has 0 saturated carbocycles. The van der Waals surface area contributed by atoms with Crippen LogP contribution in [0.25, 0.3) is 0 Å². The molecule has 0 spiro atoms. The minimum atomic E-state index is -1.93. The third-order valence-electron chi connectivity index (χ3n) is 13.1. The van der Waals surface area contributed by atoms with E-state index >= 15 is 0 Å². The van der Waals surface area contributed by atoms with Crippen molar-refractivity contribution in [2.75, 3.05) is 13.2 Å². The number of esters is 3. The quantitative estimate of drug-likeness (QED) is 0.0228.